The molecule has 0 fully saturated rings. The molecule has 26 heavy (non-hydrogen) atoms. The maximum absolute atomic E-state index is 12.5. The number of amides is 1. The first-order valence-electron chi connectivity index (χ1n) is 7.63. The number of carboxylic acid groups (broad SMARTS) is 1. The predicted octanol–water partition coefficient (Wildman–Crippen LogP) is 1.51. The van der Waals surface area contributed by atoms with Crippen LogP contribution in [0.2, 0.25) is 0 Å². The highest BCUT2D eigenvalue weighted by molar-refractivity contribution is 5.93. The number of carbonyl (C=O) groups excluding carboxylic acids is 1. The van der Waals surface area contributed by atoms with Gasteiger partial charge in [-0.2, -0.15) is 5.26 Å². The van der Waals surface area contributed by atoms with Crippen LogP contribution >= 0.6 is 0 Å². The van der Waals surface area contributed by atoms with Crippen molar-refractivity contribution in [3.05, 3.63) is 63.1 Å². The van der Waals surface area contributed by atoms with Crippen molar-refractivity contribution in [3.63, 3.8) is 0 Å². The molecule has 0 aliphatic rings. The number of hydrogen-bond acceptors (Lipinski definition) is 5. The molecule has 2 aromatic rings. The van der Waals surface area contributed by atoms with Gasteiger partial charge in [-0.3, -0.25) is 9.59 Å². The molecule has 0 aliphatic heterocycles. The molecule has 0 unspecified atom stereocenters. The third-order valence-electron chi connectivity index (χ3n) is 3.70. The zero-order valence-corrected chi connectivity index (χ0v) is 14.3. The molecule has 0 spiro atoms. The van der Waals surface area contributed by atoms with E-state index >= 15 is 0 Å². The Morgan fingerprint density at radius 2 is 2.08 bits per heavy atom. The fourth-order valence-corrected chi connectivity index (χ4v) is 2.49. The lowest BCUT2D eigenvalue weighted by atomic mass is 10.1. The van der Waals surface area contributed by atoms with Gasteiger partial charge < -0.3 is 19.7 Å². The van der Waals surface area contributed by atoms with E-state index in [2.05, 4.69) is 5.32 Å². The maximum atomic E-state index is 12.5. The number of nitriles is 1. The lowest BCUT2D eigenvalue weighted by Crippen LogP contribution is -2.31. The summed E-state index contributed by atoms with van der Waals surface area (Å²) in [6, 6.07) is 9.24. The van der Waals surface area contributed by atoms with Crippen molar-refractivity contribution in [1.82, 2.24) is 4.57 Å². The standard InChI is InChI=1S/C18H17N3O5/c1-11-6-13(10-26-2)15(8-19)17(23)21(11)9-16(22)20-14-5-3-4-12(7-14)18(24)25/h3-7H,9-10H2,1-2H3,(H,20,22)(H,24,25). The van der Waals surface area contributed by atoms with Crippen molar-refractivity contribution in [3.8, 4) is 6.07 Å². The largest absolute Gasteiger partial charge is 0.478 e. The highest BCUT2D eigenvalue weighted by Crippen LogP contribution is 2.12. The maximum Gasteiger partial charge on any atom is 0.335 e. The van der Waals surface area contributed by atoms with Crippen LogP contribution < -0.4 is 10.9 Å². The van der Waals surface area contributed by atoms with Gasteiger partial charge in [0.2, 0.25) is 5.91 Å². The summed E-state index contributed by atoms with van der Waals surface area (Å²) in [5.74, 6) is -1.62. The number of hydrogen-bond donors (Lipinski definition) is 2. The topological polar surface area (TPSA) is 121 Å². The number of aromatic carboxylic acids is 1. The van der Waals surface area contributed by atoms with Crippen LogP contribution in [0, 0.1) is 18.3 Å². The van der Waals surface area contributed by atoms with Crippen LogP contribution in [0.3, 0.4) is 0 Å². The molecule has 1 aromatic heterocycles. The lowest BCUT2D eigenvalue weighted by Gasteiger charge is -2.13. The molecule has 0 aliphatic carbocycles. The van der Waals surface area contributed by atoms with E-state index in [-0.39, 0.29) is 24.3 Å². The van der Waals surface area contributed by atoms with Crippen molar-refractivity contribution >= 4 is 17.6 Å². The Balaban J connectivity index is 2.27. The summed E-state index contributed by atoms with van der Waals surface area (Å²) in [4.78, 5) is 35.7. The molecule has 2 N–H and O–H groups in total. The zero-order chi connectivity index (χ0) is 19.3. The van der Waals surface area contributed by atoms with Gasteiger partial charge in [0.15, 0.2) is 0 Å². The molecule has 1 aromatic carbocycles. The summed E-state index contributed by atoms with van der Waals surface area (Å²) in [6.45, 7) is 1.47. The average Bonchev–Trinajstić information content (AvgIpc) is 2.59. The van der Waals surface area contributed by atoms with Gasteiger partial charge in [-0.1, -0.05) is 6.07 Å². The Morgan fingerprint density at radius 1 is 1.35 bits per heavy atom. The number of nitrogens with one attached hydrogen (secondary N) is 1. The molecule has 134 valence electrons. The number of benzene rings is 1. The van der Waals surface area contributed by atoms with Gasteiger partial charge in [0.1, 0.15) is 18.2 Å². The van der Waals surface area contributed by atoms with Crippen molar-refractivity contribution in [2.75, 3.05) is 12.4 Å². The first kappa shape index (κ1) is 18.9. The number of rotatable bonds is 6. The molecule has 0 saturated carbocycles. The van der Waals surface area contributed by atoms with E-state index in [1.54, 1.807) is 19.1 Å². The number of aryl methyl sites for hydroxylation is 1. The third kappa shape index (κ3) is 4.15. The highest BCUT2D eigenvalue weighted by atomic mass is 16.5. The molecule has 0 radical (unpaired) electrons. The van der Waals surface area contributed by atoms with Crippen LogP contribution in [0.15, 0.2) is 35.1 Å². The molecule has 1 heterocycles. The number of nitrogens with zero attached hydrogens (tertiary/aromatic N) is 2. The Hall–Kier alpha value is -3.44. The van der Waals surface area contributed by atoms with Crippen LogP contribution in [0.5, 0.6) is 0 Å². The fraction of sp³-hybridized carbons (Fsp3) is 0.222. The van der Waals surface area contributed by atoms with Crippen LogP contribution in [0.1, 0.15) is 27.2 Å². The molecule has 8 heteroatoms. The smallest absolute Gasteiger partial charge is 0.335 e. The summed E-state index contributed by atoms with van der Waals surface area (Å²) < 4.78 is 6.17. The van der Waals surface area contributed by atoms with E-state index in [0.717, 1.165) is 0 Å². The van der Waals surface area contributed by atoms with E-state index in [1.165, 1.54) is 29.9 Å². The van der Waals surface area contributed by atoms with E-state index in [1.807, 2.05) is 6.07 Å². The average molecular weight is 355 g/mol. The summed E-state index contributed by atoms with van der Waals surface area (Å²) in [5.41, 5.74) is 0.662. The molecule has 0 bridgehead atoms. The van der Waals surface area contributed by atoms with Crippen molar-refractivity contribution < 1.29 is 19.4 Å². The fourth-order valence-electron chi connectivity index (χ4n) is 2.49. The van der Waals surface area contributed by atoms with E-state index in [4.69, 9.17) is 9.84 Å². The zero-order valence-electron chi connectivity index (χ0n) is 14.3. The number of pyridine rings is 1. The Morgan fingerprint density at radius 3 is 2.69 bits per heavy atom. The third-order valence-corrected chi connectivity index (χ3v) is 3.70. The van der Waals surface area contributed by atoms with Crippen LogP contribution in [0.25, 0.3) is 0 Å². The molecule has 0 saturated heterocycles. The van der Waals surface area contributed by atoms with E-state index < -0.39 is 17.4 Å². The lowest BCUT2D eigenvalue weighted by molar-refractivity contribution is -0.116. The van der Waals surface area contributed by atoms with Crippen LogP contribution in [-0.4, -0.2) is 28.7 Å². The van der Waals surface area contributed by atoms with Gasteiger partial charge in [-0.15, -0.1) is 0 Å². The monoisotopic (exact) mass is 355 g/mol. The van der Waals surface area contributed by atoms with Gasteiger partial charge in [0.25, 0.3) is 5.56 Å². The number of ether oxygens (including phenoxy) is 1. The minimum Gasteiger partial charge on any atom is -0.478 e. The predicted molar refractivity (Wildman–Crippen MR) is 92.9 cm³/mol. The van der Waals surface area contributed by atoms with E-state index in [9.17, 15) is 19.6 Å². The molecular formula is C18H17N3O5. The van der Waals surface area contributed by atoms with E-state index in [0.29, 0.717) is 16.9 Å². The molecule has 8 nitrogen and oxygen atoms in total. The van der Waals surface area contributed by atoms with Gasteiger partial charge in [0.05, 0.1) is 12.2 Å². The first-order valence-corrected chi connectivity index (χ1v) is 7.63. The second kappa shape index (κ2) is 8.09. The quantitative estimate of drug-likeness (QED) is 0.810. The number of carboxylic acids is 1. The van der Waals surface area contributed by atoms with Crippen molar-refractivity contribution in [1.29, 1.82) is 5.26 Å². The number of carbonyl (C=O) groups is 2. The number of anilines is 1. The normalized spacial score (nSPS) is 10.2. The minimum atomic E-state index is -1.11. The van der Waals surface area contributed by atoms with Gasteiger partial charge in [-0.25, -0.2) is 4.79 Å². The minimum absolute atomic E-state index is 0.0341. The van der Waals surface area contributed by atoms with Crippen molar-refractivity contribution in [2.45, 2.75) is 20.1 Å². The summed E-state index contributed by atoms with van der Waals surface area (Å²) in [7, 11) is 1.46. The van der Waals surface area contributed by atoms with Gasteiger partial charge >= 0.3 is 5.97 Å². The second-order valence-corrected chi connectivity index (χ2v) is 5.56. The Bertz CT molecular complexity index is 956. The Labute approximate surface area is 149 Å². The molecule has 2 rings (SSSR count). The summed E-state index contributed by atoms with van der Waals surface area (Å²) in [5, 5.41) is 20.7. The molecule has 0 atom stereocenters. The Kier molecular flexibility index (Phi) is 5.88. The molecule has 1 amide bonds. The SMILES string of the molecule is COCc1cc(C)n(CC(=O)Nc2cccc(C(=O)O)c2)c(=O)c1C#N. The number of methoxy groups -OCH3 is 1. The summed E-state index contributed by atoms with van der Waals surface area (Å²) >= 11 is 0. The summed E-state index contributed by atoms with van der Waals surface area (Å²) in [6.07, 6.45) is 0. The second-order valence-electron chi connectivity index (χ2n) is 5.56. The van der Waals surface area contributed by atoms with Gasteiger partial charge in [0, 0.05) is 24.1 Å². The number of aromatic nitrogens is 1. The van der Waals surface area contributed by atoms with Gasteiger partial charge in [-0.05, 0) is 31.2 Å². The highest BCUT2D eigenvalue weighted by Gasteiger charge is 2.15. The van der Waals surface area contributed by atoms with Crippen LogP contribution in [0.4, 0.5) is 5.69 Å². The van der Waals surface area contributed by atoms with Crippen molar-refractivity contribution in [2.24, 2.45) is 0 Å². The first-order chi connectivity index (χ1) is 12.4. The van der Waals surface area contributed by atoms with Crippen LogP contribution in [-0.2, 0) is 22.7 Å². The molecular weight excluding hydrogens is 338 g/mol.